The highest BCUT2D eigenvalue weighted by molar-refractivity contribution is 5.14. The van der Waals surface area contributed by atoms with E-state index in [-0.39, 0.29) is 6.61 Å². The van der Waals surface area contributed by atoms with Crippen molar-refractivity contribution < 1.29 is 19.3 Å². The molecule has 0 amide bonds. The van der Waals surface area contributed by atoms with Gasteiger partial charge in [0, 0.05) is 12.1 Å². The van der Waals surface area contributed by atoms with Crippen molar-refractivity contribution in [2.24, 2.45) is 16.7 Å². The minimum absolute atomic E-state index is 0.0661. The zero-order chi connectivity index (χ0) is 17.8. The van der Waals surface area contributed by atoms with E-state index in [0.29, 0.717) is 49.4 Å². The Kier molecular flexibility index (Phi) is 6.43. The molecule has 0 aromatic carbocycles. The van der Waals surface area contributed by atoms with E-state index < -0.39 is 0 Å². The third-order valence-electron chi connectivity index (χ3n) is 6.35. The highest BCUT2D eigenvalue weighted by atomic mass is 16.5. The molecule has 146 valence electrons. The summed E-state index contributed by atoms with van der Waals surface area (Å²) in [7, 11) is 0. The molecule has 5 heteroatoms. The van der Waals surface area contributed by atoms with Crippen LogP contribution in [0.15, 0.2) is 0 Å². The zero-order valence-corrected chi connectivity index (χ0v) is 16.1. The SMILES string of the molecule is CC12CC3CC(C)(C1)CC(NCCOCCOCCOCCO)(C3)C2. The van der Waals surface area contributed by atoms with E-state index in [4.69, 9.17) is 19.3 Å². The fourth-order valence-electron chi connectivity index (χ4n) is 6.64. The molecule has 0 aromatic heterocycles. The molecule has 4 aliphatic carbocycles. The lowest BCUT2D eigenvalue weighted by molar-refractivity contribution is -0.118. The van der Waals surface area contributed by atoms with Crippen LogP contribution < -0.4 is 5.32 Å². The quantitative estimate of drug-likeness (QED) is 0.526. The Morgan fingerprint density at radius 3 is 1.92 bits per heavy atom. The average molecular weight is 356 g/mol. The van der Waals surface area contributed by atoms with Crippen LogP contribution in [0.4, 0.5) is 0 Å². The summed E-state index contributed by atoms with van der Waals surface area (Å²) in [6.07, 6.45) is 8.39. The Morgan fingerprint density at radius 2 is 1.36 bits per heavy atom. The summed E-state index contributed by atoms with van der Waals surface area (Å²) in [6, 6.07) is 0. The van der Waals surface area contributed by atoms with Gasteiger partial charge in [-0.25, -0.2) is 0 Å². The van der Waals surface area contributed by atoms with Crippen LogP contribution in [0.5, 0.6) is 0 Å². The first-order valence-corrected chi connectivity index (χ1v) is 10.1. The van der Waals surface area contributed by atoms with Crippen LogP contribution in [0.2, 0.25) is 0 Å². The van der Waals surface area contributed by atoms with Crippen LogP contribution in [0.1, 0.15) is 52.4 Å². The van der Waals surface area contributed by atoms with Crippen LogP contribution in [-0.2, 0) is 14.2 Å². The smallest absolute Gasteiger partial charge is 0.0701 e. The largest absolute Gasteiger partial charge is 0.394 e. The van der Waals surface area contributed by atoms with Gasteiger partial charge in [-0.1, -0.05) is 13.8 Å². The topological polar surface area (TPSA) is 60.0 Å². The van der Waals surface area contributed by atoms with E-state index in [2.05, 4.69) is 19.2 Å². The van der Waals surface area contributed by atoms with E-state index in [1.54, 1.807) is 0 Å². The molecule has 0 aliphatic heterocycles. The second kappa shape index (κ2) is 8.22. The monoisotopic (exact) mass is 355 g/mol. The van der Waals surface area contributed by atoms with Crippen LogP contribution in [-0.4, -0.2) is 63.4 Å². The summed E-state index contributed by atoms with van der Waals surface area (Å²) in [5.41, 5.74) is 1.49. The summed E-state index contributed by atoms with van der Waals surface area (Å²) in [5, 5.41) is 12.5. The molecule has 5 nitrogen and oxygen atoms in total. The summed E-state index contributed by atoms with van der Waals surface area (Å²) in [4.78, 5) is 0. The second-order valence-electron chi connectivity index (χ2n) is 9.40. The minimum atomic E-state index is 0.0661. The lowest BCUT2D eigenvalue weighted by Gasteiger charge is -2.65. The van der Waals surface area contributed by atoms with Gasteiger partial charge in [-0.3, -0.25) is 0 Å². The Labute approximate surface area is 152 Å². The number of aliphatic hydroxyl groups is 1. The molecule has 2 atom stereocenters. The van der Waals surface area contributed by atoms with Gasteiger partial charge in [0.05, 0.1) is 46.2 Å². The Hall–Kier alpha value is -0.200. The van der Waals surface area contributed by atoms with Gasteiger partial charge < -0.3 is 24.6 Å². The van der Waals surface area contributed by atoms with Crippen molar-refractivity contribution in [1.82, 2.24) is 5.32 Å². The summed E-state index contributed by atoms with van der Waals surface area (Å²) >= 11 is 0. The van der Waals surface area contributed by atoms with Crippen molar-refractivity contribution in [3.05, 3.63) is 0 Å². The highest BCUT2D eigenvalue weighted by Gasteiger charge is 2.59. The standard InChI is InChI=1S/C20H37NO4/c1-18-11-17-12-19(2,14-18)16-20(13-17,15-18)21-3-5-23-7-9-25-10-8-24-6-4-22/h17,21-22H,3-16H2,1-2H3. The van der Waals surface area contributed by atoms with Crippen LogP contribution >= 0.6 is 0 Å². The highest BCUT2D eigenvalue weighted by Crippen LogP contribution is 2.66. The molecule has 0 radical (unpaired) electrons. The molecule has 25 heavy (non-hydrogen) atoms. The zero-order valence-electron chi connectivity index (χ0n) is 16.1. The van der Waals surface area contributed by atoms with E-state index in [0.717, 1.165) is 19.1 Å². The van der Waals surface area contributed by atoms with Gasteiger partial charge >= 0.3 is 0 Å². The number of ether oxygens (including phenoxy) is 3. The van der Waals surface area contributed by atoms with E-state index >= 15 is 0 Å². The molecule has 0 spiro atoms. The third kappa shape index (κ3) is 5.16. The first kappa shape index (κ1) is 19.6. The maximum Gasteiger partial charge on any atom is 0.0701 e. The van der Waals surface area contributed by atoms with Crippen LogP contribution in [0, 0.1) is 16.7 Å². The van der Waals surface area contributed by atoms with Gasteiger partial charge in [0.15, 0.2) is 0 Å². The maximum atomic E-state index is 8.59. The first-order valence-electron chi connectivity index (χ1n) is 10.1. The van der Waals surface area contributed by atoms with Gasteiger partial charge in [-0.2, -0.15) is 0 Å². The Morgan fingerprint density at radius 1 is 0.800 bits per heavy atom. The number of hydrogen-bond donors (Lipinski definition) is 2. The lowest BCUT2D eigenvalue weighted by Crippen LogP contribution is -2.64. The first-order chi connectivity index (χ1) is 12.0. The molecule has 4 saturated carbocycles. The fraction of sp³-hybridized carbons (Fsp3) is 1.00. The predicted molar refractivity (Wildman–Crippen MR) is 97.7 cm³/mol. The van der Waals surface area contributed by atoms with E-state index in [9.17, 15) is 0 Å². The molecular formula is C20H37NO4. The number of rotatable bonds is 12. The van der Waals surface area contributed by atoms with Crippen molar-refractivity contribution >= 4 is 0 Å². The van der Waals surface area contributed by atoms with E-state index in [1.807, 2.05) is 0 Å². The molecule has 0 heterocycles. The second-order valence-corrected chi connectivity index (χ2v) is 9.40. The molecule has 4 bridgehead atoms. The van der Waals surface area contributed by atoms with Gasteiger partial charge in [-0.05, 0) is 55.3 Å². The molecule has 0 aromatic rings. The minimum Gasteiger partial charge on any atom is -0.394 e. The van der Waals surface area contributed by atoms with Gasteiger partial charge in [0.25, 0.3) is 0 Å². The maximum absolute atomic E-state index is 8.59. The molecule has 4 aliphatic rings. The van der Waals surface area contributed by atoms with Gasteiger partial charge in [-0.15, -0.1) is 0 Å². The average Bonchev–Trinajstić information content (AvgIpc) is 2.49. The third-order valence-corrected chi connectivity index (χ3v) is 6.35. The van der Waals surface area contributed by atoms with E-state index in [1.165, 1.54) is 38.5 Å². The van der Waals surface area contributed by atoms with Gasteiger partial charge in [0.2, 0.25) is 0 Å². The van der Waals surface area contributed by atoms with Crippen LogP contribution in [0.3, 0.4) is 0 Å². The molecule has 4 fully saturated rings. The van der Waals surface area contributed by atoms with Crippen molar-refractivity contribution in [3.8, 4) is 0 Å². The molecule has 2 unspecified atom stereocenters. The van der Waals surface area contributed by atoms with Gasteiger partial charge in [0.1, 0.15) is 0 Å². The van der Waals surface area contributed by atoms with Crippen molar-refractivity contribution in [2.75, 3.05) is 52.8 Å². The molecule has 4 rings (SSSR count). The Bertz CT molecular complexity index is 412. The summed E-state index contributed by atoms with van der Waals surface area (Å²) < 4.78 is 16.3. The van der Waals surface area contributed by atoms with Crippen molar-refractivity contribution in [2.45, 2.75) is 57.9 Å². The molecule has 0 saturated heterocycles. The number of aliphatic hydroxyl groups excluding tert-OH is 1. The lowest BCUT2D eigenvalue weighted by atomic mass is 9.43. The number of hydrogen-bond acceptors (Lipinski definition) is 5. The summed E-state index contributed by atoms with van der Waals surface area (Å²) in [5.74, 6) is 0.932. The summed E-state index contributed by atoms with van der Waals surface area (Å²) in [6.45, 7) is 9.51. The normalized spacial score (nSPS) is 39.2. The van der Waals surface area contributed by atoms with Crippen molar-refractivity contribution in [3.63, 3.8) is 0 Å². The number of nitrogens with one attached hydrogen (secondary N) is 1. The Balaban J connectivity index is 1.27. The molecule has 2 N–H and O–H groups in total. The predicted octanol–water partition coefficient (Wildman–Crippen LogP) is 2.37. The fourth-order valence-corrected chi connectivity index (χ4v) is 6.64. The molecular weight excluding hydrogens is 318 g/mol. The van der Waals surface area contributed by atoms with Crippen molar-refractivity contribution in [1.29, 1.82) is 0 Å². The van der Waals surface area contributed by atoms with Crippen LogP contribution in [0.25, 0.3) is 0 Å².